The summed E-state index contributed by atoms with van der Waals surface area (Å²) < 4.78 is 4.84. The summed E-state index contributed by atoms with van der Waals surface area (Å²) in [6.45, 7) is 7.12. The Balaban J connectivity index is 2.93. The van der Waals surface area contributed by atoms with Gasteiger partial charge in [0.2, 0.25) is 0 Å². The molecule has 0 saturated heterocycles. The number of carbonyl (C=O) groups excluding carboxylic acids is 2. The minimum atomic E-state index is -1.64. The van der Waals surface area contributed by atoms with Gasteiger partial charge in [-0.05, 0) is 26.3 Å². The van der Waals surface area contributed by atoms with Crippen LogP contribution in [-0.2, 0) is 14.3 Å². The molecule has 0 aliphatic carbocycles. The zero-order chi connectivity index (χ0) is 13.1. The Morgan fingerprint density at radius 2 is 2.35 bits per heavy atom. The monoisotopic (exact) mass is 239 g/mol. The molecule has 17 heavy (non-hydrogen) atoms. The van der Waals surface area contributed by atoms with Crippen molar-refractivity contribution in [2.75, 3.05) is 13.2 Å². The zero-order valence-electron chi connectivity index (χ0n) is 10.1. The quantitative estimate of drug-likeness (QED) is 0.563. The molecule has 0 fully saturated rings. The highest BCUT2D eigenvalue weighted by atomic mass is 16.5. The lowest BCUT2D eigenvalue weighted by atomic mass is 10.1. The summed E-state index contributed by atoms with van der Waals surface area (Å²) >= 11 is 0. The number of carbonyl (C=O) groups is 2. The second kappa shape index (κ2) is 5.14. The number of amides is 1. The highest BCUT2D eigenvalue weighted by Gasteiger charge is 2.43. The highest BCUT2D eigenvalue weighted by molar-refractivity contribution is 6.02. The molecule has 1 aliphatic rings. The lowest BCUT2D eigenvalue weighted by Crippen LogP contribution is -2.40. The average molecular weight is 239 g/mol. The van der Waals surface area contributed by atoms with E-state index in [1.807, 2.05) is 0 Å². The molecule has 1 N–H and O–H groups in total. The lowest BCUT2D eigenvalue weighted by Gasteiger charge is -2.20. The molecule has 0 aromatic carbocycles. The first-order valence-corrected chi connectivity index (χ1v) is 5.49. The van der Waals surface area contributed by atoms with Crippen LogP contribution < -0.4 is 0 Å². The molecule has 1 unspecified atom stereocenters. The molecular weight excluding hydrogens is 222 g/mol. The number of ether oxygens (including phenoxy) is 1. The van der Waals surface area contributed by atoms with E-state index in [9.17, 15) is 14.7 Å². The molecule has 0 saturated carbocycles. The minimum Gasteiger partial charge on any atom is -0.461 e. The van der Waals surface area contributed by atoms with Crippen molar-refractivity contribution in [1.82, 2.24) is 4.90 Å². The van der Waals surface area contributed by atoms with Crippen LogP contribution in [0.15, 0.2) is 24.4 Å². The maximum atomic E-state index is 11.8. The van der Waals surface area contributed by atoms with Crippen LogP contribution in [0.4, 0.5) is 0 Å². The van der Waals surface area contributed by atoms with Gasteiger partial charge in [-0.15, -0.1) is 6.58 Å². The van der Waals surface area contributed by atoms with Gasteiger partial charge in [-0.3, -0.25) is 4.79 Å². The van der Waals surface area contributed by atoms with Gasteiger partial charge in [-0.1, -0.05) is 6.08 Å². The Hall–Kier alpha value is -1.62. The van der Waals surface area contributed by atoms with Gasteiger partial charge >= 0.3 is 5.97 Å². The number of aliphatic hydroxyl groups is 1. The van der Waals surface area contributed by atoms with E-state index in [0.29, 0.717) is 13.0 Å². The van der Waals surface area contributed by atoms with E-state index in [-0.39, 0.29) is 12.3 Å². The predicted molar refractivity (Wildman–Crippen MR) is 61.9 cm³/mol. The predicted octanol–water partition coefficient (Wildman–Crippen LogP) is 0.603. The van der Waals surface area contributed by atoms with Crippen molar-refractivity contribution in [1.29, 1.82) is 0 Å². The van der Waals surface area contributed by atoms with Crippen LogP contribution in [0.5, 0.6) is 0 Å². The molecule has 0 radical (unpaired) electrons. The second-order valence-corrected chi connectivity index (χ2v) is 3.93. The van der Waals surface area contributed by atoms with Gasteiger partial charge in [0.15, 0.2) is 5.60 Å². The fourth-order valence-electron chi connectivity index (χ4n) is 1.61. The summed E-state index contributed by atoms with van der Waals surface area (Å²) in [5.41, 5.74) is -1.54. The van der Waals surface area contributed by atoms with Crippen molar-refractivity contribution in [3.63, 3.8) is 0 Å². The minimum absolute atomic E-state index is 0.101. The van der Waals surface area contributed by atoms with Crippen LogP contribution in [0.25, 0.3) is 0 Å². The van der Waals surface area contributed by atoms with E-state index in [0.717, 1.165) is 0 Å². The summed E-state index contributed by atoms with van der Waals surface area (Å²) in [7, 11) is 0. The van der Waals surface area contributed by atoms with Crippen LogP contribution >= 0.6 is 0 Å². The van der Waals surface area contributed by atoms with Crippen LogP contribution in [0, 0.1) is 0 Å². The summed E-state index contributed by atoms with van der Waals surface area (Å²) in [6.07, 6.45) is 3.41. The molecule has 0 bridgehead atoms. The van der Waals surface area contributed by atoms with Crippen molar-refractivity contribution in [2.24, 2.45) is 0 Å². The van der Waals surface area contributed by atoms with E-state index >= 15 is 0 Å². The third kappa shape index (κ3) is 2.74. The Morgan fingerprint density at radius 1 is 1.71 bits per heavy atom. The average Bonchev–Trinajstić information content (AvgIpc) is 2.49. The van der Waals surface area contributed by atoms with Gasteiger partial charge < -0.3 is 14.7 Å². The summed E-state index contributed by atoms with van der Waals surface area (Å²) in [4.78, 5) is 24.7. The molecule has 1 heterocycles. The standard InChI is InChI=1S/C12H17NO4/c1-4-6-7-13-9(10(14)17-5-2)8-12(3,16)11(13)15/h4,8,16H,1,5-7H2,2-3H3. The molecule has 5 nitrogen and oxygen atoms in total. The van der Waals surface area contributed by atoms with Gasteiger partial charge in [0.25, 0.3) is 5.91 Å². The number of rotatable bonds is 5. The third-order valence-corrected chi connectivity index (χ3v) is 2.43. The second-order valence-electron chi connectivity index (χ2n) is 3.93. The van der Waals surface area contributed by atoms with Crippen molar-refractivity contribution in [3.05, 3.63) is 24.4 Å². The topological polar surface area (TPSA) is 66.8 Å². The Labute approximate surface area is 100 Å². The SMILES string of the molecule is C=CCCN1C(=O)C(C)(O)C=C1C(=O)OCC. The molecule has 0 aromatic rings. The van der Waals surface area contributed by atoms with Crippen LogP contribution in [0.1, 0.15) is 20.3 Å². The number of esters is 1. The van der Waals surface area contributed by atoms with E-state index in [1.165, 1.54) is 17.9 Å². The zero-order valence-corrected chi connectivity index (χ0v) is 10.1. The van der Waals surface area contributed by atoms with Crippen molar-refractivity contribution in [3.8, 4) is 0 Å². The van der Waals surface area contributed by atoms with Gasteiger partial charge in [-0.2, -0.15) is 0 Å². The summed E-state index contributed by atoms with van der Waals surface area (Å²) in [5.74, 6) is -1.11. The molecule has 1 rings (SSSR count). The van der Waals surface area contributed by atoms with Gasteiger partial charge in [0.1, 0.15) is 5.70 Å². The number of nitrogens with zero attached hydrogens (tertiary/aromatic N) is 1. The van der Waals surface area contributed by atoms with Crippen LogP contribution in [0.3, 0.4) is 0 Å². The first-order valence-electron chi connectivity index (χ1n) is 5.49. The normalized spacial score (nSPS) is 23.6. The van der Waals surface area contributed by atoms with E-state index in [1.54, 1.807) is 13.0 Å². The van der Waals surface area contributed by atoms with Crippen molar-refractivity contribution >= 4 is 11.9 Å². The molecule has 94 valence electrons. The van der Waals surface area contributed by atoms with E-state index in [4.69, 9.17) is 4.74 Å². The van der Waals surface area contributed by atoms with Crippen molar-refractivity contribution in [2.45, 2.75) is 25.9 Å². The molecule has 5 heteroatoms. The summed E-state index contributed by atoms with van der Waals surface area (Å²) in [6, 6.07) is 0. The molecule has 1 amide bonds. The Kier molecular flexibility index (Phi) is 4.07. The first-order chi connectivity index (χ1) is 7.94. The van der Waals surface area contributed by atoms with Crippen LogP contribution in [0.2, 0.25) is 0 Å². The largest absolute Gasteiger partial charge is 0.461 e. The highest BCUT2D eigenvalue weighted by Crippen LogP contribution is 2.26. The van der Waals surface area contributed by atoms with Gasteiger partial charge in [0.05, 0.1) is 6.61 Å². The molecular formula is C12H17NO4. The summed E-state index contributed by atoms with van der Waals surface area (Å²) in [5, 5.41) is 9.82. The van der Waals surface area contributed by atoms with Crippen molar-refractivity contribution < 1.29 is 19.4 Å². The first kappa shape index (κ1) is 13.4. The molecule has 0 spiro atoms. The van der Waals surface area contributed by atoms with E-state index in [2.05, 4.69) is 6.58 Å². The molecule has 1 atom stereocenters. The van der Waals surface area contributed by atoms with Gasteiger partial charge in [0, 0.05) is 6.54 Å². The van der Waals surface area contributed by atoms with Gasteiger partial charge in [-0.25, -0.2) is 4.79 Å². The third-order valence-electron chi connectivity index (χ3n) is 2.43. The van der Waals surface area contributed by atoms with E-state index < -0.39 is 17.5 Å². The van der Waals surface area contributed by atoms with Crippen LogP contribution in [-0.4, -0.2) is 40.6 Å². The fraction of sp³-hybridized carbons (Fsp3) is 0.500. The Bertz CT molecular complexity index is 371. The fourth-order valence-corrected chi connectivity index (χ4v) is 1.61. The lowest BCUT2D eigenvalue weighted by molar-refractivity contribution is -0.146. The maximum absolute atomic E-state index is 11.8. The molecule has 0 aromatic heterocycles. The maximum Gasteiger partial charge on any atom is 0.354 e. The number of hydrogen-bond donors (Lipinski definition) is 1. The molecule has 1 aliphatic heterocycles. The number of hydrogen-bond acceptors (Lipinski definition) is 4. The Morgan fingerprint density at radius 3 is 2.88 bits per heavy atom. The smallest absolute Gasteiger partial charge is 0.354 e.